The molecule has 0 radical (unpaired) electrons. The highest BCUT2D eigenvalue weighted by atomic mass is 32.1. The number of amides is 1. The molecule has 2 aromatic carbocycles. The van der Waals surface area contributed by atoms with Gasteiger partial charge in [0.2, 0.25) is 5.91 Å². The lowest BCUT2D eigenvalue weighted by Crippen LogP contribution is -2.34. The molecule has 0 aliphatic heterocycles. The molecule has 1 heterocycles. The molecule has 1 amide bonds. The fourth-order valence-electron chi connectivity index (χ4n) is 2.85. The summed E-state index contributed by atoms with van der Waals surface area (Å²) in [6.45, 7) is 6.73. The Balaban J connectivity index is 1.70. The van der Waals surface area contributed by atoms with Crippen LogP contribution in [0.25, 0.3) is 10.8 Å². The summed E-state index contributed by atoms with van der Waals surface area (Å²) in [6.07, 6.45) is 0.274. The van der Waals surface area contributed by atoms with E-state index in [0.717, 1.165) is 21.7 Å². The summed E-state index contributed by atoms with van der Waals surface area (Å²) in [5.74, 6) is -0.0561. The van der Waals surface area contributed by atoms with Crippen LogP contribution < -0.4 is 11.1 Å². The first kappa shape index (κ1) is 18.5. The first-order valence-electron chi connectivity index (χ1n) is 8.80. The zero-order valence-electron chi connectivity index (χ0n) is 15.5. The van der Waals surface area contributed by atoms with Crippen LogP contribution in [0.5, 0.6) is 0 Å². The average molecular weight is 368 g/mol. The van der Waals surface area contributed by atoms with Crippen LogP contribution in [0.3, 0.4) is 0 Å². The summed E-state index contributed by atoms with van der Waals surface area (Å²) in [6, 6.07) is 14.2. The molecule has 0 saturated carbocycles. The lowest BCUT2D eigenvalue weighted by atomic mass is 9.98. The van der Waals surface area contributed by atoms with Crippen molar-refractivity contribution in [3.05, 3.63) is 64.1 Å². The van der Waals surface area contributed by atoms with E-state index >= 15 is 0 Å². The molecule has 0 spiro atoms. The van der Waals surface area contributed by atoms with Crippen LogP contribution in [-0.2, 0) is 16.6 Å². The summed E-state index contributed by atoms with van der Waals surface area (Å²) < 4.78 is 0. The summed E-state index contributed by atoms with van der Waals surface area (Å²) in [5, 5.41) is 8.38. The number of nitrogens with one attached hydrogen (secondary N) is 1. The molecule has 26 heavy (non-hydrogen) atoms. The Hall–Kier alpha value is -2.24. The lowest BCUT2D eigenvalue weighted by Gasteiger charge is -2.18. The van der Waals surface area contributed by atoms with Gasteiger partial charge >= 0.3 is 0 Å². The fraction of sp³-hybridized carbons (Fsp3) is 0.333. The predicted octanol–water partition coefficient (Wildman–Crippen LogP) is 3.95. The minimum Gasteiger partial charge on any atom is -0.348 e. The minimum absolute atomic E-state index is 0.00425. The predicted molar refractivity (Wildman–Crippen MR) is 108 cm³/mol. The third-order valence-corrected chi connectivity index (χ3v) is 5.60. The molecule has 0 saturated heterocycles. The normalized spacial score (nSPS) is 12.9. The molecule has 1 atom stereocenters. The van der Waals surface area contributed by atoms with Gasteiger partial charge in [-0.3, -0.25) is 4.79 Å². The van der Waals surface area contributed by atoms with Crippen LogP contribution in [0.2, 0.25) is 0 Å². The van der Waals surface area contributed by atoms with Crippen molar-refractivity contribution < 1.29 is 4.79 Å². The molecule has 4 nitrogen and oxygen atoms in total. The Morgan fingerprint density at radius 3 is 2.58 bits per heavy atom. The molecule has 3 rings (SSSR count). The van der Waals surface area contributed by atoms with E-state index in [1.807, 2.05) is 23.6 Å². The molecule has 136 valence electrons. The van der Waals surface area contributed by atoms with Crippen molar-refractivity contribution in [2.75, 3.05) is 6.54 Å². The molecule has 0 bridgehead atoms. The topological polar surface area (TPSA) is 68.0 Å². The van der Waals surface area contributed by atoms with Gasteiger partial charge in [-0.05, 0) is 22.4 Å². The van der Waals surface area contributed by atoms with E-state index in [9.17, 15) is 4.79 Å². The van der Waals surface area contributed by atoms with E-state index in [4.69, 9.17) is 5.73 Å². The Bertz CT molecular complexity index is 911. The second-order valence-corrected chi connectivity index (χ2v) is 8.39. The van der Waals surface area contributed by atoms with Crippen LogP contribution in [0.1, 0.15) is 43.1 Å². The molecule has 0 aliphatic carbocycles. The van der Waals surface area contributed by atoms with Gasteiger partial charge in [-0.15, -0.1) is 11.3 Å². The second-order valence-electron chi connectivity index (χ2n) is 7.53. The highest BCUT2D eigenvalue weighted by Crippen LogP contribution is 2.26. The molecule has 1 unspecified atom stereocenters. The number of nitrogens with zero attached hydrogens (tertiary/aromatic N) is 1. The lowest BCUT2D eigenvalue weighted by molar-refractivity contribution is -0.121. The van der Waals surface area contributed by atoms with Gasteiger partial charge in [0.15, 0.2) is 0 Å². The van der Waals surface area contributed by atoms with Crippen molar-refractivity contribution >= 4 is 28.0 Å². The SMILES string of the molecule is CC(C)(C)c1nc(CC(=O)NC(CN)c2ccc3ccccc3c2)cs1. The van der Waals surface area contributed by atoms with Gasteiger partial charge in [-0.1, -0.05) is 57.2 Å². The Morgan fingerprint density at radius 2 is 1.92 bits per heavy atom. The van der Waals surface area contributed by atoms with Gasteiger partial charge in [-0.25, -0.2) is 4.98 Å². The van der Waals surface area contributed by atoms with Crippen molar-refractivity contribution in [1.29, 1.82) is 0 Å². The largest absolute Gasteiger partial charge is 0.348 e. The minimum atomic E-state index is -0.201. The smallest absolute Gasteiger partial charge is 0.226 e. The van der Waals surface area contributed by atoms with E-state index in [0.29, 0.717) is 6.54 Å². The van der Waals surface area contributed by atoms with Crippen LogP contribution in [0, 0.1) is 0 Å². The van der Waals surface area contributed by atoms with Crippen molar-refractivity contribution in [1.82, 2.24) is 10.3 Å². The third-order valence-electron chi connectivity index (χ3n) is 4.28. The molecular formula is C21H25N3OS. The standard InChI is InChI=1S/C21H25N3OS/c1-21(2,3)20-23-17(13-26-20)11-19(25)24-18(12-22)16-9-8-14-6-4-5-7-15(14)10-16/h4-10,13,18H,11-12,22H2,1-3H3,(H,24,25). The van der Waals surface area contributed by atoms with Gasteiger partial charge in [0, 0.05) is 17.3 Å². The Morgan fingerprint density at radius 1 is 1.19 bits per heavy atom. The zero-order valence-corrected chi connectivity index (χ0v) is 16.3. The Labute approximate surface area is 158 Å². The number of fused-ring (bicyclic) bond motifs is 1. The summed E-state index contributed by atoms with van der Waals surface area (Å²) >= 11 is 1.61. The summed E-state index contributed by atoms with van der Waals surface area (Å²) in [4.78, 5) is 17.1. The average Bonchev–Trinajstić information content (AvgIpc) is 3.08. The summed E-state index contributed by atoms with van der Waals surface area (Å²) in [7, 11) is 0. The van der Waals surface area contributed by atoms with Crippen molar-refractivity contribution in [2.45, 2.75) is 38.6 Å². The highest BCUT2D eigenvalue weighted by Gasteiger charge is 2.20. The van der Waals surface area contributed by atoms with Crippen LogP contribution >= 0.6 is 11.3 Å². The second kappa shape index (κ2) is 7.56. The zero-order chi connectivity index (χ0) is 18.7. The number of rotatable bonds is 5. The monoisotopic (exact) mass is 367 g/mol. The maximum absolute atomic E-state index is 12.5. The van der Waals surface area contributed by atoms with E-state index in [2.05, 4.69) is 55.3 Å². The molecule has 0 aliphatic rings. The quantitative estimate of drug-likeness (QED) is 0.717. The number of aromatic nitrogens is 1. The van der Waals surface area contributed by atoms with Crippen molar-refractivity contribution in [3.8, 4) is 0 Å². The number of nitrogens with two attached hydrogens (primary N) is 1. The van der Waals surface area contributed by atoms with Gasteiger partial charge in [0.1, 0.15) is 0 Å². The molecule has 1 aromatic heterocycles. The number of carbonyl (C=O) groups is 1. The highest BCUT2D eigenvalue weighted by molar-refractivity contribution is 7.09. The van der Waals surface area contributed by atoms with Gasteiger partial charge in [0.25, 0.3) is 0 Å². The van der Waals surface area contributed by atoms with E-state index in [1.165, 1.54) is 5.39 Å². The Kier molecular flexibility index (Phi) is 5.39. The molecule has 5 heteroatoms. The van der Waals surface area contributed by atoms with Crippen LogP contribution in [-0.4, -0.2) is 17.4 Å². The maximum Gasteiger partial charge on any atom is 0.226 e. The van der Waals surface area contributed by atoms with E-state index < -0.39 is 0 Å². The number of hydrogen-bond donors (Lipinski definition) is 2. The van der Waals surface area contributed by atoms with Crippen LogP contribution in [0.15, 0.2) is 47.8 Å². The van der Waals surface area contributed by atoms with Crippen molar-refractivity contribution in [3.63, 3.8) is 0 Å². The summed E-state index contributed by atoms with van der Waals surface area (Å²) in [5.41, 5.74) is 7.76. The first-order valence-corrected chi connectivity index (χ1v) is 9.68. The number of carbonyl (C=O) groups excluding carboxylic acids is 1. The van der Waals surface area contributed by atoms with Gasteiger partial charge in [0.05, 0.1) is 23.2 Å². The maximum atomic E-state index is 12.5. The first-order chi connectivity index (χ1) is 12.4. The molecule has 0 fully saturated rings. The van der Waals surface area contributed by atoms with Gasteiger partial charge < -0.3 is 11.1 Å². The van der Waals surface area contributed by atoms with Gasteiger partial charge in [-0.2, -0.15) is 0 Å². The fourth-order valence-corrected chi connectivity index (χ4v) is 3.75. The van der Waals surface area contributed by atoms with Crippen LogP contribution in [0.4, 0.5) is 0 Å². The molecule has 3 aromatic rings. The van der Waals surface area contributed by atoms with E-state index in [1.54, 1.807) is 11.3 Å². The number of thiazole rings is 1. The third kappa shape index (κ3) is 4.29. The van der Waals surface area contributed by atoms with Crippen molar-refractivity contribution in [2.24, 2.45) is 5.73 Å². The molecular weight excluding hydrogens is 342 g/mol. The molecule has 3 N–H and O–H groups in total. The number of hydrogen-bond acceptors (Lipinski definition) is 4. The number of benzene rings is 2. The van der Waals surface area contributed by atoms with E-state index in [-0.39, 0.29) is 23.8 Å².